The Labute approximate surface area is 537 Å². The highest BCUT2D eigenvalue weighted by molar-refractivity contribution is 4.71. The minimum Gasteiger partial charge on any atom is -0.0683 e. The molecular weight excluding hydrogens is 865 g/mol. The van der Waals surface area contributed by atoms with Gasteiger partial charge in [-0.25, -0.2) is 0 Å². The van der Waals surface area contributed by atoms with E-state index in [4.69, 9.17) is 58.9 Å². The molecule has 0 amide bonds. The lowest BCUT2D eigenvalue weighted by Crippen LogP contribution is -2.16. The molecule has 0 bridgehead atoms. The minimum atomic E-state index is -2.86. The van der Waals surface area contributed by atoms with Crippen molar-refractivity contribution in [3.63, 3.8) is 0 Å². The van der Waals surface area contributed by atoms with E-state index < -0.39 is 139 Å². The fraction of sp³-hybridized carbons (Fsp3) is 1.00. The molecule has 2 unspecified atom stereocenters. The van der Waals surface area contributed by atoms with Crippen molar-refractivity contribution >= 4 is 0 Å². The molecule has 0 heterocycles. The minimum absolute atomic E-state index is 0.132. The molecule has 0 saturated heterocycles. The van der Waals surface area contributed by atoms with Gasteiger partial charge in [-0.05, 0) is 82.6 Å². The van der Waals surface area contributed by atoms with Crippen molar-refractivity contribution in [3.8, 4) is 0 Å². The summed E-state index contributed by atoms with van der Waals surface area (Å²) in [5.74, 6) is -10.3. The van der Waals surface area contributed by atoms with Crippen molar-refractivity contribution in [1.82, 2.24) is 0 Å². The lowest BCUT2D eigenvalue weighted by Gasteiger charge is -2.28. The van der Waals surface area contributed by atoms with E-state index in [0.29, 0.717) is 12.3 Å². The summed E-state index contributed by atoms with van der Waals surface area (Å²) in [4.78, 5) is 0. The molecule has 0 nitrogen and oxygen atoms in total. The lowest BCUT2D eigenvalue weighted by molar-refractivity contribution is 0.233. The zero-order valence-electron chi connectivity index (χ0n) is 101. The lowest BCUT2D eigenvalue weighted by atomic mass is 9.78. The van der Waals surface area contributed by atoms with E-state index in [2.05, 4.69) is 0 Å². The average molecular weight is 1090 g/mol. The van der Waals surface area contributed by atoms with Crippen molar-refractivity contribution < 1.29 is 58.9 Å². The van der Waals surface area contributed by atoms with E-state index in [-0.39, 0.29) is 23.1 Å². The fourth-order valence-corrected chi connectivity index (χ4v) is 1.16. The first kappa shape index (κ1) is 37.8. The highest BCUT2D eigenvalue weighted by Gasteiger charge is 2.19. The van der Waals surface area contributed by atoms with Gasteiger partial charge in [-0.3, -0.25) is 0 Å². The molecule has 1 rings (SSSR count). The molecule has 0 heteroatoms. The van der Waals surface area contributed by atoms with E-state index in [1.54, 1.807) is 34.6 Å². The zero-order valence-corrected chi connectivity index (χ0v) is 58.1. The summed E-state index contributed by atoms with van der Waals surface area (Å²) in [5.41, 5.74) is -2.58. The van der Waals surface area contributed by atoms with Crippen LogP contribution in [0.15, 0.2) is 0 Å². The maximum Gasteiger partial charge on any atom is 0.0300 e. The van der Waals surface area contributed by atoms with Crippen LogP contribution >= 0.6 is 0 Å². The Kier molecular flexibility index (Phi) is 62.6. The van der Waals surface area contributed by atoms with Crippen LogP contribution in [0, 0.1) is 69.8 Å². The van der Waals surface area contributed by atoms with Crippen molar-refractivity contribution in [1.29, 1.82) is 0 Å². The van der Waals surface area contributed by atoms with Crippen LogP contribution in [0.4, 0.5) is 0 Å². The summed E-state index contributed by atoms with van der Waals surface area (Å²) in [6, 6.07) is 0. The molecule has 0 radical (unpaired) electrons. The zero-order chi connectivity index (χ0) is 101. The molecule has 1 saturated carbocycles. The van der Waals surface area contributed by atoms with Gasteiger partial charge in [0, 0.05) is 58.9 Å². The van der Waals surface area contributed by atoms with Crippen LogP contribution in [0.1, 0.15) is 467 Å². The maximum absolute atomic E-state index is 7.46. The first-order chi connectivity index (χ1) is 48.7. The van der Waals surface area contributed by atoms with Crippen molar-refractivity contribution in [3.05, 3.63) is 0 Å². The largest absolute Gasteiger partial charge is 0.0683 e. The van der Waals surface area contributed by atoms with Gasteiger partial charge < -0.3 is 0 Å². The molecule has 0 aliphatic heterocycles. The number of hydrogen-bond donors (Lipinski definition) is 0. The molecule has 0 spiro atoms. The summed E-state index contributed by atoms with van der Waals surface area (Å²) in [7, 11) is 0. The van der Waals surface area contributed by atoms with Gasteiger partial charge in [0.2, 0.25) is 0 Å². The van der Waals surface area contributed by atoms with Crippen molar-refractivity contribution in [2.45, 2.75) is 409 Å². The monoisotopic (exact) mass is 1090 g/mol. The highest BCUT2D eigenvalue weighted by atomic mass is 14.3. The summed E-state index contributed by atoms with van der Waals surface area (Å²) in [5, 5.41) is 0. The molecule has 0 aromatic heterocycles. The number of hydrogen-bond acceptors (Lipinski definition) is 0. The van der Waals surface area contributed by atoms with E-state index in [9.17, 15) is 0 Å². The van der Waals surface area contributed by atoms with Gasteiger partial charge in [0.25, 0.3) is 0 Å². The van der Waals surface area contributed by atoms with Crippen LogP contribution in [-0.2, 0) is 0 Å². The molecule has 0 N–H and O–H groups in total. The standard InChI is InChI=1S/C6H12.4C6H14.4C5H12.2C4H10.7C2H6/c1-5-3-6(2)4-5;2*1-5-6(2,3)4;2*1-4-5-6(2)3;4*1-4-5(2)3;2*1-4(2)3;7*1-2/h5-6H,3-4H2,1-2H3;2*5H2,1-4H3;2*6H,4-5H2,1-3H3;4*5H,4H2,1-3H3;2*4H,1-3H3;7*1-2H3/i3D2,4D2,5D,6D;2D3,3D3,5D2;5D2;2D3,4D2,5D2,6D;4D2;2D3,4D2,5D;4D2,5D;5D;4D2;1D3,4D;4D;;;;;;;. The van der Waals surface area contributed by atoms with Crippen LogP contribution in [-0.4, -0.2) is 0 Å². The second-order valence-corrected chi connectivity index (χ2v) is 16.0. The summed E-state index contributed by atoms with van der Waals surface area (Å²) in [6.45, 7) is 60.0. The third-order valence-corrected chi connectivity index (χ3v) is 5.08. The van der Waals surface area contributed by atoms with E-state index >= 15 is 0 Å². The molecular formula is C72H178. The van der Waals surface area contributed by atoms with Crippen LogP contribution in [0.25, 0.3) is 0 Å². The first-order valence-corrected chi connectivity index (χ1v) is 27.2. The Balaban J connectivity index is -0.0000000609. The van der Waals surface area contributed by atoms with Crippen LogP contribution < -0.4 is 0 Å². The quantitative estimate of drug-likeness (QED) is 0.227. The SMILES string of the molecule is CC.CC.CC.CC.CC.CC.CC.[2H]C(C)(C)C.[2H]C(C)(C)CC.[2H]C([2H])(C)C(C)(C)C.[2H]C([2H])(C)C(C)C.[2H]C([2H])(C)C([2H])(C)C.[2H]C([2H])(C)CC(C)C.[2H]C([2H])([2H])C(C)(C([2H])([2H])[2H])C([2H])([2H])C.[2H]C([2H])([2H])C([2H])(C)C.[2H]C([2H])([2H])C([2H])(C)C([2H])([2H])C.[2H]C([2H])([2H])C([2H])(C)C([2H])([2H])C([2H])([2H])C.[2H]C1([2H])C([2H])(C)C([2H])([2H])C1([2H])C. The van der Waals surface area contributed by atoms with Crippen LogP contribution in [0.2, 0.25) is 0 Å². The smallest absolute Gasteiger partial charge is 0.0300 e. The summed E-state index contributed by atoms with van der Waals surface area (Å²) in [6.07, 6.45) is -16.5. The second-order valence-electron chi connectivity index (χ2n) is 16.0. The van der Waals surface area contributed by atoms with Crippen LogP contribution in [0.5, 0.6) is 0 Å². The van der Waals surface area contributed by atoms with E-state index in [1.165, 1.54) is 34.6 Å². The van der Waals surface area contributed by atoms with Gasteiger partial charge in [-0.2, -0.15) is 0 Å². The molecule has 2 atom stereocenters. The summed E-state index contributed by atoms with van der Waals surface area (Å²) < 4.78 is 307. The Morgan fingerprint density at radius 3 is 0.694 bits per heavy atom. The Morgan fingerprint density at radius 2 is 0.667 bits per heavy atom. The highest BCUT2D eigenvalue weighted by Crippen LogP contribution is 2.31. The maximum atomic E-state index is 7.46. The third-order valence-electron chi connectivity index (χ3n) is 5.08. The predicted molar refractivity (Wildman–Crippen MR) is 368 cm³/mol. The molecule has 1 aliphatic rings. The molecule has 1 fully saturated rings. The topological polar surface area (TPSA) is 0 Å². The van der Waals surface area contributed by atoms with E-state index in [0.717, 1.165) is 48.0 Å². The molecule has 466 valence electrons. The van der Waals surface area contributed by atoms with Gasteiger partial charge in [0.1, 0.15) is 0 Å². The Hall–Kier alpha value is 0. The fourth-order valence-electron chi connectivity index (χ4n) is 1.16. The van der Waals surface area contributed by atoms with Gasteiger partial charge in [0.05, 0.1) is 0 Å². The van der Waals surface area contributed by atoms with Gasteiger partial charge in [-0.1, -0.05) is 396 Å². The molecule has 1 aliphatic carbocycles. The molecule has 0 aromatic carbocycles. The van der Waals surface area contributed by atoms with Crippen LogP contribution in [0.3, 0.4) is 0 Å². The molecule has 0 aromatic rings. The Morgan fingerprint density at radius 1 is 0.431 bits per heavy atom. The van der Waals surface area contributed by atoms with E-state index in [1.807, 2.05) is 187 Å². The Bertz CT molecular complexity index is 1980. The van der Waals surface area contributed by atoms with Crippen molar-refractivity contribution in [2.24, 2.45) is 69.8 Å². The average Bonchev–Trinajstić information content (AvgIpc) is 0.667. The molecule has 72 heavy (non-hydrogen) atoms. The van der Waals surface area contributed by atoms with Gasteiger partial charge in [0.15, 0.2) is 0 Å². The van der Waals surface area contributed by atoms with Gasteiger partial charge in [-0.15, -0.1) is 0 Å². The second kappa shape index (κ2) is 119. The first-order valence-electron chi connectivity index (χ1n) is 48.7. The normalized spacial score (nSPS) is 28.6. The third kappa shape index (κ3) is 425. The predicted octanol–water partition coefficient (Wildman–Crippen LogP) is 30.5. The van der Waals surface area contributed by atoms with Crippen molar-refractivity contribution in [2.75, 3.05) is 0 Å². The number of rotatable bonds is 8. The van der Waals surface area contributed by atoms with Gasteiger partial charge >= 0.3 is 0 Å². The summed E-state index contributed by atoms with van der Waals surface area (Å²) >= 11 is 0.